The topological polar surface area (TPSA) is 49.8 Å². The first kappa shape index (κ1) is 15.1. The Labute approximate surface area is 122 Å². The minimum atomic E-state index is 0.574. The lowest BCUT2D eigenvalue weighted by molar-refractivity contribution is 0.360. The SMILES string of the molecule is CCCNc1ncnc(NC2CCC(C)CC2)c1CC. The van der Waals surface area contributed by atoms with E-state index in [1.54, 1.807) is 6.33 Å². The van der Waals surface area contributed by atoms with E-state index in [9.17, 15) is 0 Å². The van der Waals surface area contributed by atoms with Gasteiger partial charge in [0.2, 0.25) is 0 Å². The van der Waals surface area contributed by atoms with E-state index in [-0.39, 0.29) is 0 Å². The minimum Gasteiger partial charge on any atom is -0.370 e. The van der Waals surface area contributed by atoms with E-state index in [0.717, 1.165) is 36.9 Å². The summed E-state index contributed by atoms with van der Waals surface area (Å²) < 4.78 is 0. The van der Waals surface area contributed by atoms with Crippen molar-refractivity contribution in [2.75, 3.05) is 17.2 Å². The first-order valence-electron chi connectivity index (χ1n) is 8.08. The summed E-state index contributed by atoms with van der Waals surface area (Å²) in [7, 11) is 0. The fraction of sp³-hybridized carbons (Fsp3) is 0.750. The fourth-order valence-electron chi connectivity index (χ4n) is 2.87. The summed E-state index contributed by atoms with van der Waals surface area (Å²) in [5.74, 6) is 2.91. The van der Waals surface area contributed by atoms with Crippen molar-refractivity contribution in [1.29, 1.82) is 0 Å². The molecule has 4 nitrogen and oxygen atoms in total. The van der Waals surface area contributed by atoms with Gasteiger partial charge in [-0.15, -0.1) is 0 Å². The molecule has 0 aromatic carbocycles. The summed E-state index contributed by atoms with van der Waals surface area (Å²) in [5, 5.41) is 7.05. The summed E-state index contributed by atoms with van der Waals surface area (Å²) in [6.45, 7) is 7.65. The van der Waals surface area contributed by atoms with Crippen LogP contribution in [0.2, 0.25) is 0 Å². The van der Waals surface area contributed by atoms with Crippen molar-refractivity contribution in [2.24, 2.45) is 5.92 Å². The van der Waals surface area contributed by atoms with Gasteiger partial charge in [-0.2, -0.15) is 0 Å². The normalized spacial score (nSPS) is 22.6. The molecule has 0 unspecified atom stereocenters. The van der Waals surface area contributed by atoms with E-state index in [1.807, 2.05) is 0 Å². The Kier molecular flexibility index (Phi) is 5.62. The van der Waals surface area contributed by atoms with Gasteiger partial charge in [-0.1, -0.05) is 20.8 Å². The van der Waals surface area contributed by atoms with Gasteiger partial charge in [-0.3, -0.25) is 0 Å². The third kappa shape index (κ3) is 3.84. The molecule has 112 valence electrons. The Hall–Kier alpha value is -1.32. The first-order chi connectivity index (χ1) is 9.74. The minimum absolute atomic E-state index is 0.574. The van der Waals surface area contributed by atoms with E-state index in [2.05, 4.69) is 41.4 Å². The van der Waals surface area contributed by atoms with Crippen LogP contribution in [0.15, 0.2) is 6.33 Å². The van der Waals surface area contributed by atoms with E-state index >= 15 is 0 Å². The van der Waals surface area contributed by atoms with Crippen LogP contribution in [-0.4, -0.2) is 22.6 Å². The summed E-state index contributed by atoms with van der Waals surface area (Å²) in [6.07, 6.45) is 8.90. The van der Waals surface area contributed by atoms with Crippen molar-refractivity contribution in [3.05, 3.63) is 11.9 Å². The third-order valence-electron chi connectivity index (χ3n) is 4.20. The molecule has 0 spiro atoms. The Morgan fingerprint density at radius 2 is 1.80 bits per heavy atom. The molecule has 1 fully saturated rings. The van der Waals surface area contributed by atoms with Crippen LogP contribution in [0, 0.1) is 5.92 Å². The van der Waals surface area contributed by atoms with Crippen LogP contribution in [0.5, 0.6) is 0 Å². The number of rotatable bonds is 6. The average molecular weight is 276 g/mol. The lowest BCUT2D eigenvalue weighted by Crippen LogP contribution is -2.26. The van der Waals surface area contributed by atoms with Gasteiger partial charge in [0, 0.05) is 18.2 Å². The highest BCUT2D eigenvalue weighted by molar-refractivity contribution is 5.57. The molecule has 1 saturated carbocycles. The van der Waals surface area contributed by atoms with E-state index in [1.165, 1.54) is 31.2 Å². The standard InChI is InChI=1S/C16H28N4/c1-4-10-17-15-14(5-2)16(19-11-18-15)20-13-8-6-12(3)7-9-13/h11-13H,4-10H2,1-3H3,(H2,17,18,19,20). The van der Waals surface area contributed by atoms with Crippen LogP contribution >= 0.6 is 0 Å². The van der Waals surface area contributed by atoms with E-state index < -0.39 is 0 Å². The van der Waals surface area contributed by atoms with E-state index in [4.69, 9.17) is 0 Å². The number of aromatic nitrogens is 2. The Morgan fingerprint density at radius 1 is 1.10 bits per heavy atom. The van der Waals surface area contributed by atoms with Crippen LogP contribution in [0.1, 0.15) is 58.4 Å². The van der Waals surface area contributed by atoms with Gasteiger partial charge < -0.3 is 10.6 Å². The molecule has 1 heterocycles. The number of hydrogen-bond acceptors (Lipinski definition) is 4. The highest BCUT2D eigenvalue weighted by Gasteiger charge is 2.20. The number of nitrogens with one attached hydrogen (secondary N) is 2. The monoisotopic (exact) mass is 276 g/mol. The predicted octanol–water partition coefficient (Wildman–Crippen LogP) is 3.85. The predicted molar refractivity (Wildman–Crippen MR) is 85.2 cm³/mol. The van der Waals surface area contributed by atoms with Crippen LogP contribution < -0.4 is 10.6 Å². The van der Waals surface area contributed by atoms with Crippen molar-refractivity contribution in [2.45, 2.75) is 65.3 Å². The maximum absolute atomic E-state index is 4.47. The quantitative estimate of drug-likeness (QED) is 0.828. The Balaban J connectivity index is 2.06. The van der Waals surface area contributed by atoms with Crippen LogP contribution in [-0.2, 0) is 6.42 Å². The molecular formula is C16H28N4. The van der Waals surface area contributed by atoms with Gasteiger partial charge in [0.25, 0.3) is 0 Å². The maximum Gasteiger partial charge on any atom is 0.134 e. The molecule has 2 rings (SSSR count). The van der Waals surface area contributed by atoms with Crippen LogP contribution in [0.4, 0.5) is 11.6 Å². The molecule has 0 atom stereocenters. The second kappa shape index (κ2) is 7.46. The van der Waals surface area contributed by atoms with Gasteiger partial charge in [-0.05, 0) is 44.4 Å². The van der Waals surface area contributed by atoms with Gasteiger partial charge in [-0.25, -0.2) is 9.97 Å². The molecule has 0 aliphatic heterocycles. The fourth-order valence-corrected chi connectivity index (χ4v) is 2.87. The zero-order valence-electron chi connectivity index (χ0n) is 13.1. The lowest BCUT2D eigenvalue weighted by Gasteiger charge is -2.28. The van der Waals surface area contributed by atoms with Crippen molar-refractivity contribution in [1.82, 2.24) is 9.97 Å². The Morgan fingerprint density at radius 3 is 2.45 bits per heavy atom. The molecule has 0 radical (unpaired) electrons. The van der Waals surface area contributed by atoms with E-state index in [0.29, 0.717) is 6.04 Å². The molecular weight excluding hydrogens is 248 g/mol. The maximum atomic E-state index is 4.47. The highest BCUT2D eigenvalue weighted by atomic mass is 15.1. The highest BCUT2D eigenvalue weighted by Crippen LogP contribution is 2.28. The molecule has 1 aromatic heterocycles. The van der Waals surface area contributed by atoms with Crippen molar-refractivity contribution in [3.63, 3.8) is 0 Å². The molecule has 4 heteroatoms. The summed E-state index contributed by atoms with van der Waals surface area (Å²) in [6, 6.07) is 0.574. The van der Waals surface area contributed by atoms with Gasteiger partial charge in [0.05, 0.1) is 0 Å². The smallest absolute Gasteiger partial charge is 0.134 e. The molecule has 0 saturated heterocycles. The number of hydrogen-bond donors (Lipinski definition) is 2. The molecule has 1 aliphatic carbocycles. The lowest BCUT2D eigenvalue weighted by atomic mass is 9.87. The second-order valence-corrected chi connectivity index (χ2v) is 5.93. The molecule has 20 heavy (non-hydrogen) atoms. The summed E-state index contributed by atoms with van der Waals surface area (Å²) in [5.41, 5.74) is 1.22. The van der Waals surface area contributed by atoms with Crippen LogP contribution in [0.25, 0.3) is 0 Å². The van der Waals surface area contributed by atoms with Crippen molar-refractivity contribution < 1.29 is 0 Å². The number of nitrogens with zero attached hydrogens (tertiary/aromatic N) is 2. The largest absolute Gasteiger partial charge is 0.370 e. The zero-order chi connectivity index (χ0) is 14.4. The summed E-state index contributed by atoms with van der Waals surface area (Å²) >= 11 is 0. The third-order valence-corrected chi connectivity index (χ3v) is 4.20. The van der Waals surface area contributed by atoms with Crippen molar-refractivity contribution in [3.8, 4) is 0 Å². The van der Waals surface area contributed by atoms with Crippen molar-refractivity contribution >= 4 is 11.6 Å². The molecule has 1 aliphatic rings. The van der Waals surface area contributed by atoms with Crippen LogP contribution in [0.3, 0.4) is 0 Å². The van der Waals surface area contributed by atoms with Gasteiger partial charge >= 0.3 is 0 Å². The molecule has 0 amide bonds. The van der Waals surface area contributed by atoms with Gasteiger partial charge in [0.15, 0.2) is 0 Å². The molecule has 1 aromatic rings. The first-order valence-corrected chi connectivity index (χ1v) is 8.08. The number of anilines is 2. The molecule has 2 N–H and O–H groups in total. The zero-order valence-corrected chi connectivity index (χ0v) is 13.1. The second-order valence-electron chi connectivity index (χ2n) is 5.93. The summed E-state index contributed by atoms with van der Waals surface area (Å²) in [4.78, 5) is 8.86. The Bertz CT molecular complexity index is 411. The average Bonchev–Trinajstić information content (AvgIpc) is 2.47. The molecule has 0 bridgehead atoms. The van der Waals surface area contributed by atoms with Gasteiger partial charge in [0.1, 0.15) is 18.0 Å².